The number of carbonyl (C=O) groups excluding carboxylic acids is 1. The monoisotopic (exact) mass is 381 g/mol. The lowest BCUT2D eigenvalue weighted by molar-refractivity contribution is -0.140. The Balaban J connectivity index is 1.30. The van der Waals surface area contributed by atoms with Crippen LogP contribution in [-0.4, -0.2) is 86.9 Å². The zero-order valence-corrected chi connectivity index (χ0v) is 17.3. The zero-order valence-electron chi connectivity index (χ0n) is 17.3. The van der Waals surface area contributed by atoms with E-state index in [9.17, 15) is 4.79 Å². The molecule has 6 heteroatoms. The molecule has 27 heavy (non-hydrogen) atoms. The van der Waals surface area contributed by atoms with Gasteiger partial charge in [-0.15, -0.1) is 0 Å². The summed E-state index contributed by atoms with van der Waals surface area (Å²) in [6.45, 7) is 10.2. The lowest BCUT2D eigenvalue weighted by atomic mass is 9.91. The van der Waals surface area contributed by atoms with Crippen molar-refractivity contribution >= 4 is 5.97 Å². The number of ether oxygens (including phenoxy) is 2. The van der Waals surface area contributed by atoms with E-state index in [1.165, 1.54) is 52.3 Å². The first-order valence-electron chi connectivity index (χ1n) is 11.0. The maximum Gasteiger partial charge on any atom is 0.305 e. The summed E-state index contributed by atoms with van der Waals surface area (Å²) >= 11 is 0. The van der Waals surface area contributed by atoms with Crippen molar-refractivity contribution in [3.05, 3.63) is 0 Å². The number of hydrogen-bond donors (Lipinski definition) is 1. The molecule has 3 aliphatic heterocycles. The predicted octanol–water partition coefficient (Wildman–Crippen LogP) is 1.88. The molecule has 3 rings (SSSR count). The molecule has 3 heterocycles. The first kappa shape index (κ1) is 21.0. The number of carbonyl (C=O) groups is 1. The average Bonchev–Trinajstić information content (AvgIpc) is 3.18. The van der Waals surface area contributed by atoms with Crippen LogP contribution in [-0.2, 0) is 14.3 Å². The Morgan fingerprint density at radius 1 is 1.15 bits per heavy atom. The fourth-order valence-corrected chi connectivity index (χ4v) is 4.90. The Morgan fingerprint density at radius 2 is 1.93 bits per heavy atom. The number of methoxy groups -OCH3 is 1. The minimum absolute atomic E-state index is 0.0913. The van der Waals surface area contributed by atoms with Crippen LogP contribution in [0.2, 0.25) is 0 Å². The van der Waals surface area contributed by atoms with Crippen molar-refractivity contribution in [1.29, 1.82) is 0 Å². The maximum absolute atomic E-state index is 11.2. The molecule has 0 aromatic carbocycles. The van der Waals surface area contributed by atoms with E-state index >= 15 is 0 Å². The minimum Gasteiger partial charge on any atom is -0.469 e. The molecular formula is C21H39N3O3. The van der Waals surface area contributed by atoms with Gasteiger partial charge in [0.15, 0.2) is 0 Å². The fourth-order valence-electron chi connectivity index (χ4n) is 4.90. The summed E-state index contributed by atoms with van der Waals surface area (Å²) in [6, 6.07) is 1.31. The van der Waals surface area contributed by atoms with Crippen LogP contribution < -0.4 is 5.32 Å². The van der Waals surface area contributed by atoms with Crippen LogP contribution >= 0.6 is 0 Å². The van der Waals surface area contributed by atoms with Crippen LogP contribution in [0.25, 0.3) is 0 Å². The van der Waals surface area contributed by atoms with Crippen molar-refractivity contribution in [1.82, 2.24) is 15.1 Å². The summed E-state index contributed by atoms with van der Waals surface area (Å²) in [5.41, 5.74) is 0. The summed E-state index contributed by atoms with van der Waals surface area (Å²) in [5, 5.41) is 3.97. The number of hydrogen-bond acceptors (Lipinski definition) is 6. The van der Waals surface area contributed by atoms with Crippen molar-refractivity contribution in [3.63, 3.8) is 0 Å². The van der Waals surface area contributed by atoms with Crippen molar-refractivity contribution in [2.24, 2.45) is 5.92 Å². The van der Waals surface area contributed by atoms with Gasteiger partial charge >= 0.3 is 5.97 Å². The predicted molar refractivity (Wildman–Crippen MR) is 107 cm³/mol. The third kappa shape index (κ3) is 6.70. The molecule has 0 aromatic rings. The van der Waals surface area contributed by atoms with E-state index < -0.39 is 0 Å². The second-order valence-electron chi connectivity index (χ2n) is 8.73. The van der Waals surface area contributed by atoms with E-state index in [-0.39, 0.29) is 5.97 Å². The smallest absolute Gasteiger partial charge is 0.305 e. The van der Waals surface area contributed by atoms with Gasteiger partial charge in [0.1, 0.15) is 0 Å². The molecule has 6 nitrogen and oxygen atoms in total. The zero-order chi connectivity index (χ0) is 19.1. The van der Waals surface area contributed by atoms with Gasteiger partial charge in [-0.1, -0.05) is 6.92 Å². The van der Waals surface area contributed by atoms with Gasteiger partial charge in [0.25, 0.3) is 0 Å². The molecule has 0 spiro atoms. The van der Waals surface area contributed by atoms with Crippen LogP contribution in [0.4, 0.5) is 0 Å². The highest BCUT2D eigenvalue weighted by Gasteiger charge is 2.30. The van der Waals surface area contributed by atoms with E-state index in [0.29, 0.717) is 30.5 Å². The van der Waals surface area contributed by atoms with Crippen LogP contribution in [0.15, 0.2) is 0 Å². The van der Waals surface area contributed by atoms with Crippen LogP contribution in [0, 0.1) is 5.92 Å². The molecule has 0 aliphatic carbocycles. The molecule has 3 atom stereocenters. The molecule has 156 valence electrons. The Kier molecular flexibility index (Phi) is 8.37. The molecule has 0 saturated carbocycles. The first-order valence-corrected chi connectivity index (χ1v) is 11.0. The van der Waals surface area contributed by atoms with Crippen molar-refractivity contribution < 1.29 is 14.3 Å². The topological polar surface area (TPSA) is 54.0 Å². The summed E-state index contributed by atoms with van der Waals surface area (Å²) in [7, 11) is 1.47. The average molecular weight is 382 g/mol. The normalized spacial score (nSPS) is 31.3. The highest BCUT2D eigenvalue weighted by Crippen LogP contribution is 2.22. The second-order valence-corrected chi connectivity index (χ2v) is 8.73. The van der Waals surface area contributed by atoms with Crippen LogP contribution in [0.3, 0.4) is 0 Å². The lowest BCUT2D eigenvalue weighted by Gasteiger charge is -2.41. The molecule has 1 N–H and O–H groups in total. The number of nitrogens with one attached hydrogen (secondary N) is 1. The van der Waals surface area contributed by atoms with E-state index in [1.54, 1.807) is 0 Å². The fraction of sp³-hybridized carbons (Fsp3) is 0.952. The minimum atomic E-state index is -0.0913. The van der Waals surface area contributed by atoms with Crippen LogP contribution in [0.1, 0.15) is 51.9 Å². The maximum atomic E-state index is 11.2. The Hall–Kier alpha value is -0.690. The molecular weight excluding hydrogens is 342 g/mol. The van der Waals surface area contributed by atoms with Crippen molar-refractivity contribution in [2.45, 2.75) is 70.1 Å². The number of likely N-dealkylation sites (tertiary alicyclic amines) is 2. The molecule has 3 fully saturated rings. The molecule has 0 radical (unpaired) electrons. The van der Waals surface area contributed by atoms with E-state index in [1.807, 2.05) is 0 Å². The van der Waals surface area contributed by atoms with Gasteiger partial charge in [-0.2, -0.15) is 0 Å². The van der Waals surface area contributed by atoms with Gasteiger partial charge in [-0.3, -0.25) is 4.79 Å². The van der Waals surface area contributed by atoms with Crippen LogP contribution in [0.5, 0.6) is 0 Å². The molecule has 0 aromatic heterocycles. The molecule has 0 unspecified atom stereocenters. The lowest BCUT2D eigenvalue weighted by Crippen LogP contribution is -2.54. The molecule has 0 amide bonds. The summed E-state index contributed by atoms with van der Waals surface area (Å²) in [6.07, 6.45) is 8.10. The highest BCUT2D eigenvalue weighted by molar-refractivity contribution is 5.69. The number of piperidine rings is 2. The Morgan fingerprint density at radius 3 is 2.59 bits per heavy atom. The number of nitrogens with zero attached hydrogens (tertiary/aromatic N) is 2. The van der Waals surface area contributed by atoms with Crippen molar-refractivity contribution in [3.8, 4) is 0 Å². The highest BCUT2D eigenvalue weighted by atomic mass is 16.5. The first-order chi connectivity index (χ1) is 13.1. The number of rotatable bonds is 8. The Bertz CT molecular complexity index is 448. The van der Waals surface area contributed by atoms with Gasteiger partial charge in [0, 0.05) is 38.2 Å². The van der Waals surface area contributed by atoms with Crippen molar-refractivity contribution in [2.75, 3.05) is 53.0 Å². The summed E-state index contributed by atoms with van der Waals surface area (Å²) in [5.74, 6) is 0.615. The third-order valence-corrected chi connectivity index (χ3v) is 6.60. The third-order valence-electron chi connectivity index (χ3n) is 6.60. The molecule has 0 bridgehead atoms. The van der Waals surface area contributed by atoms with Gasteiger partial charge < -0.3 is 24.6 Å². The van der Waals surface area contributed by atoms with Gasteiger partial charge in [0.05, 0.1) is 13.2 Å². The summed E-state index contributed by atoms with van der Waals surface area (Å²) < 4.78 is 10.5. The van der Waals surface area contributed by atoms with E-state index in [0.717, 1.165) is 39.2 Å². The van der Waals surface area contributed by atoms with Gasteiger partial charge in [0.2, 0.25) is 0 Å². The molecule has 3 aliphatic rings. The molecule has 3 saturated heterocycles. The SMILES string of the molecule is COC(=O)CCCN1CCC(N[C@@H]2CCN(C[C@H]3CCCO3)C[C@H]2C)CC1. The number of esters is 1. The largest absolute Gasteiger partial charge is 0.469 e. The van der Waals surface area contributed by atoms with Gasteiger partial charge in [-0.25, -0.2) is 0 Å². The standard InChI is InChI=1S/C21H39N3O3/c1-17-15-24(16-19-5-4-14-27-19)13-9-20(17)22-18-7-11-23(12-8-18)10-3-6-21(25)26-2/h17-20,22H,3-16H2,1-2H3/t17-,19-,20-/m1/s1. The summed E-state index contributed by atoms with van der Waals surface area (Å²) in [4.78, 5) is 16.3. The second kappa shape index (κ2) is 10.7. The van der Waals surface area contributed by atoms with Gasteiger partial charge in [-0.05, 0) is 70.6 Å². The quantitative estimate of drug-likeness (QED) is 0.648. The van der Waals surface area contributed by atoms with E-state index in [2.05, 4.69) is 22.0 Å². The van der Waals surface area contributed by atoms with E-state index in [4.69, 9.17) is 9.47 Å². The Labute approximate surface area is 164 Å².